The van der Waals surface area contributed by atoms with E-state index < -0.39 is 0 Å². The minimum Gasteiger partial charge on any atom is -0.377 e. The summed E-state index contributed by atoms with van der Waals surface area (Å²) < 4.78 is 0. The summed E-state index contributed by atoms with van der Waals surface area (Å²) in [6.07, 6.45) is 11.5. The van der Waals surface area contributed by atoms with Crippen molar-refractivity contribution in [3.05, 3.63) is 47.9 Å². The highest BCUT2D eigenvalue weighted by Crippen LogP contribution is 2.34. The number of nitrogens with zero attached hydrogens (tertiary/aromatic N) is 2. The average Bonchev–Trinajstić information content (AvgIpc) is 2.77. The van der Waals surface area contributed by atoms with E-state index in [1.807, 2.05) is 37.5 Å². The van der Waals surface area contributed by atoms with E-state index >= 15 is 0 Å². The van der Waals surface area contributed by atoms with Crippen molar-refractivity contribution < 1.29 is 4.79 Å². The molecule has 0 aromatic carbocycles. The van der Waals surface area contributed by atoms with Gasteiger partial charge in [0, 0.05) is 25.5 Å². The van der Waals surface area contributed by atoms with Crippen LogP contribution in [-0.4, -0.2) is 28.8 Å². The first-order chi connectivity index (χ1) is 8.75. The fraction of sp³-hybridized carbons (Fsp3) is 0.333. The van der Waals surface area contributed by atoms with Gasteiger partial charge in [0.1, 0.15) is 0 Å². The molecular formula is C15H16N2O. The van der Waals surface area contributed by atoms with Crippen molar-refractivity contribution >= 4 is 11.9 Å². The Labute approximate surface area is 107 Å². The van der Waals surface area contributed by atoms with Gasteiger partial charge in [0.05, 0.1) is 5.92 Å². The number of aromatic nitrogens is 1. The molecule has 1 aromatic heterocycles. The quantitative estimate of drug-likeness (QED) is 0.706. The molecule has 2 aliphatic rings. The number of rotatable bonds is 1. The predicted molar refractivity (Wildman–Crippen MR) is 70.6 cm³/mol. The van der Waals surface area contributed by atoms with Crippen LogP contribution in [0, 0.1) is 5.92 Å². The minimum atomic E-state index is 0.0478. The number of hydrogen-bond acceptors (Lipinski definition) is 3. The highest BCUT2D eigenvalue weighted by Gasteiger charge is 2.37. The fourth-order valence-electron chi connectivity index (χ4n) is 2.81. The predicted octanol–water partition coefficient (Wildman–Crippen LogP) is 2.27. The Morgan fingerprint density at radius 1 is 1.50 bits per heavy atom. The van der Waals surface area contributed by atoms with Gasteiger partial charge in [-0.2, -0.15) is 0 Å². The van der Waals surface area contributed by atoms with Crippen LogP contribution >= 0.6 is 0 Å². The van der Waals surface area contributed by atoms with E-state index in [0.717, 1.165) is 24.0 Å². The molecule has 1 fully saturated rings. The number of carbonyl (C=O) groups is 1. The summed E-state index contributed by atoms with van der Waals surface area (Å²) in [6, 6.07) is 4.24. The molecule has 3 nitrogen and oxygen atoms in total. The van der Waals surface area contributed by atoms with Gasteiger partial charge in [-0.05, 0) is 42.3 Å². The van der Waals surface area contributed by atoms with Crippen LogP contribution in [0.1, 0.15) is 18.4 Å². The molecule has 18 heavy (non-hydrogen) atoms. The lowest BCUT2D eigenvalue weighted by Crippen LogP contribution is -2.37. The SMILES string of the molecule is CN1C=CC2C(=O)/C(=C/c3cccnc3)CCC21. The number of pyridine rings is 1. The van der Waals surface area contributed by atoms with Crippen LogP contribution in [0.2, 0.25) is 0 Å². The smallest absolute Gasteiger partial charge is 0.167 e. The molecule has 0 amide bonds. The van der Waals surface area contributed by atoms with Crippen LogP contribution in [0.25, 0.3) is 6.08 Å². The molecule has 1 saturated carbocycles. The van der Waals surface area contributed by atoms with Crippen LogP contribution in [0.5, 0.6) is 0 Å². The van der Waals surface area contributed by atoms with Crippen molar-refractivity contribution in [2.45, 2.75) is 18.9 Å². The van der Waals surface area contributed by atoms with E-state index in [9.17, 15) is 4.79 Å². The van der Waals surface area contributed by atoms with Crippen molar-refractivity contribution in [1.29, 1.82) is 0 Å². The summed E-state index contributed by atoms with van der Waals surface area (Å²) in [4.78, 5) is 18.6. The van der Waals surface area contributed by atoms with Gasteiger partial charge in [-0.3, -0.25) is 9.78 Å². The third-order valence-electron chi connectivity index (χ3n) is 3.82. The second-order valence-electron chi connectivity index (χ2n) is 4.96. The van der Waals surface area contributed by atoms with Crippen LogP contribution < -0.4 is 0 Å². The van der Waals surface area contributed by atoms with Gasteiger partial charge in [0.2, 0.25) is 0 Å². The van der Waals surface area contributed by atoms with Gasteiger partial charge in [-0.1, -0.05) is 12.1 Å². The van der Waals surface area contributed by atoms with Gasteiger partial charge < -0.3 is 4.90 Å². The van der Waals surface area contributed by atoms with Gasteiger partial charge in [-0.15, -0.1) is 0 Å². The van der Waals surface area contributed by atoms with Crippen LogP contribution in [0.15, 0.2) is 42.4 Å². The van der Waals surface area contributed by atoms with Gasteiger partial charge in [0.25, 0.3) is 0 Å². The molecule has 0 spiro atoms. The molecule has 2 heterocycles. The molecule has 1 aliphatic carbocycles. The Bertz CT molecular complexity index is 519. The number of Topliss-reactive ketones (excluding diaryl/α,β-unsaturated/α-hetero) is 1. The molecule has 0 saturated heterocycles. The summed E-state index contributed by atoms with van der Waals surface area (Å²) in [6.45, 7) is 0. The van der Waals surface area contributed by atoms with Crippen LogP contribution in [-0.2, 0) is 4.79 Å². The summed E-state index contributed by atoms with van der Waals surface area (Å²) in [7, 11) is 2.05. The number of fused-ring (bicyclic) bond motifs is 1. The second kappa shape index (κ2) is 4.41. The monoisotopic (exact) mass is 240 g/mol. The van der Waals surface area contributed by atoms with Crippen molar-refractivity contribution in [3.63, 3.8) is 0 Å². The minimum absolute atomic E-state index is 0.0478. The third kappa shape index (κ3) is 1.86. The lowest BCUT2D eigenvalue weighted by molar-refractivity contribution is -0.120. The Morgan fingerprint density at radius 3 is 3.17 bits per heavy atom. The van der Waals surface area contributed by atoms with Crippen molar-refractivity contribution in [2.75, 3.05) is 7.05 Å². The second-order valence-corrected chi connectivity index (χ2v) is 4.96. The molecule has 1 aromatic rings. The zero-order chi connectivity index (χ0) is 12.5. The fourth-order valence-corrected chi connectivity index (χ4v) is 2.81. The van der Waals surface area contributed by atoms with E-state index in [0.29, 0.717) is 6.04 Å². The number of ketones is 1. The lowest BCUT2D eigenvalue weighted by Gasteiger charge is -2.30. The normalized spacial score (nSPS) is 28.8. The third-order valence-corrected chi connectivity index (χ3v) is 3.82. The van der Waals surface area contributed by atoms with Gasteiger partial charge in [0.15, 0.2) is 5.78 Å². The Hall–Kier alpha value is -1.90. The Morgan fingerprint density at radius 2 is 2.39 bits per heavy atom. The average molecular weight is 240 g/mol. The van der Waals surface area contributed by atoms with Crippen LogP contribution in [0.4, 0.5) is 0 Å². The molecule has 0 radical (unpaired) electrons. The van der Waals surface area contributed by atoms with E-state index in [1.165, 1.54) is 0 Å². The molecule has 3 heteroatoms. The van der Waals surface area contributed by atoms with E-state index in [1.54, 1.807) is 12.4 Å². The zero-order valence-corrected chi connectivity index (χ0v) is 10.4. The molecule has 0 bridgehead atoms. The summed E-state index contributed by atoms with van der Waals surface area (Å²) >= 11 is 0. The van der Waals surface area contributed by atoms with Crippen molar-refractivity contribution in [3.8, 4) is 0 Å². The van der Waals surface area contributed by atoms with E-state index in [-0.39, 0.29) is 11.7 Å². The maximum atomic E-state index is 12.4. The van der Waals surface area contributed by atoms with Crippen molar-refractivity contribution in [1.82, 2.24) is 9.88 Å². The van der Waals surface area contributed by atoms with Crippen molar-refractivity contribution in [2.24, 2.45) is 5.92 Å². The molecule has 2 atom stereocenters. The molecular weight excluding hydrogens is 224 g/mol. The lowest BCUT2D eigenvalue weighted by atomic mass is 9.81. The van der Waals surface area contributed by atoms with E-state index in [2.05, 4.69) is 9.88 Å². The molecule has 2 unspecified atom stereocenters. The first-order valence-electron chi connectivity index (χ1n) is 6.31. The molecule has 92 valence electrons. The standard InChI is InChI=1S/C15H16N2O/c1-17-8-6-13-14(17)5-4-12(15(13)18)9-11-3-2-7-16-10-11/h2-3,6-10,13-14H,4-5H2,1H3/b12-9+. The topological polar surface area (TPSA) is 33.2 Å². The van der Waals surface area contributed by atoms with Crippen LogP contribution in [0.3, 0.4) is 0 Å². The number of hydrogen-bond donors (Lipinski definition) is 0. The highest BCUT2D eigenvalue weighted by molar-refractivity contribution is 6.03. The van der Waals surface area contributed by atoms with Gasteiger partial charge >= 0.3 is 0 Å². The first-order valence-corrected chi connectivity index (χ1v) is 6.31. The zero-order valence-electron chi connectivity index (χ0n) is 10.4. The first kappa shape index (κ1) is 11.2. The summed E-state index contributed by atoms with van der Waals surface area (Å²) in [5, 5.41) is 0. The maximum absolute atomic E-state index is 12.4. The largest absolute Gasteiger partial charge is 0.377 e. The maximum Gasteiger partial charge on any atom is 0.167 e. The molecule has 0 N–H and O–H groups in total. The number of carbonyl (C=O) groups excluding carboxylic acids is 1. The summed E-state index contributed by atoms with van der Waals surface area (Å²) in [5.41, 5.74) is 1.94. The Balaban J connectivity index is 1.86. The summed E-state index contributed by atoms with van der Waals surface area (Å²) in [5.74, 6) is 0.322. The molecule has 1 aliphatic heterocycles. The molecule has 3 rings (SSSR count). The number of allylic oxidation sites excluding steroid dienone is 1. The van der Waals surface area contributed by atoms with E-state index in [4.69, 9.17) is 0 Å². The van der Waals surface area contributed by atoms with Gasteiger partial charge in [-0.25, -0.2) is 0 Å². The Kier molecular flexibility index (Phi) is 2.74. The highest BCUT2D eigenvalue weighted by atomic mass is 16.1.